The van der Waals surface area contributed by atoms with E-state index in [0.29, 0.717) is 0 Å². The van der Waals surface area contributed by atoms with Gasteiger partial charge in [0.25, 0.3) is 0 Å². The third-order valence-electron chi connectivity index (χ3n) is 5.85. The number of rotatable bonds is 8. The van der Waals surface area contributed by atoms with E-state index < -0.39 is 0 Å². The molecule has 0 aliphatic carbocycles. The summed E-state index contributed by atoms with van der Waals surface area (Å²) in [6.07, 6.45) is 1.97. The van der Waals surface area contributed by atoms with E-state index in [9.17, 15) is 9.18 Å². The van der Waals surface area contributed by atoms with Gasteiger partial charge in [-0.1, -0.05) is 24.3 Å². The molecule has 1 aromatic heterocycles. The van der Waals surface area contributed by atoms with Gasteiger partial charge in [0, 0.05) is 22.5 Å². The summed E-state index contributed by atoms with van der Waals surface area (Å²) in [5.41, 5.74) is 1.92. The quantitative estimate of drug-likeness (QED) is 0.523. The number of hydrogen-bond acceptors (Lipinski definition) is 5. The number of carbonyl (C=O) groups is 1. The maximum atomic E-state index is 13.4. The topological polar surface area (TPSA) is 50.8 Å². The van der Waals surface area contributed by atoms with Gasteiger partial charge in [-0.15, -0.1) is 11.3 Å². The lowest BCUT2D eigenvalue weighted by atomic mass is 10.0. The van der Waals surface area contributed by atoms with Crippen LogP contribution in [0.4, 0.5) is 4.39 Å². The Morgan fingerprint density at radius 2 is 2.00 bits per heavy atom. The summed E-state index contributed by atoms with van der Waals surface area (Å²) in [6.45, 7) is 1.12. The first-order valence-corrected chi connectivity index (χ1v) is 11.5. The van der Waals surface area contributed by atoms with Crippen molar-refractivity contribution in [2.75, 3.05) is 27.3 Å². The normalized spacial score (nSPS) is 17.2. The molecule has 2 heterocycles. The number of halogens is 1. The second kappa shape index (κ2) is 10.1. The fraction of sp³-hybridized carbons (Fsp3) is 0.320. The van der Waals surface area contributed by atoms with Gasteiger partial charge < -0.3 is 14.8 Å². The Hall–Kier alpha value is -2.90. The van der Waals surface area contributed by atoms with Crippen molar-refractivity contribution in [1.82, 2.24) is 10.2 Å². The van der Waals surface area contributed by atoms with Crippen LogP contribution < -0.4 is 14.8 Å². The fourth-order valence-electron chi connectivity index (χ4n) is 4.28. The van der Waals surface area contributed by atoms with E-state index >= 15 is 0 Å². The van der Waals surface area contributed by atoms with Gasteiger partial charge in [-0.2, -0.15) is 0 Å². The highest BCUT2D eigenvalue weighted by molar-refractivity contribution is 7.10. The van der Waals surface area contributed by atoms with E-state index in [0.717, 1.165) is 46.9 Å². The minimum absolute atomic E-state index is 0.0629. The third-order valence-corrected chi connectivity index (χ3v) is 6.78. The van der Waals surface area contributed by atoms with Crippen molar-refractivity contribution in [2.45, 2.75) is 24.9 Å². The molecule has 2 atom stereocenters. The average molecular weight is 455 g/mol. The van der Waals surface area contributed by atoms with Crippen molar-refractivity contribution < 1.29 is 18.7 Å². The number of benzene rings is 2. The number of likely N-dealkylation sites (tertiary alicyclic amines) is 1. The maximum Gasteiger partial charge on any atom is 0.234 e. The SMILES string of the molecule is COc1ccc([C@H]2CCCN2CC(=O)N[C@@H](c2ccc(F)cc2)c2cccs2)c(OC)c1. The van der Waals surface area contributed by atoms with Gasteiger partial charge in [0.05, 0.1) is 26.8 Å². The van der Waals surface area contributed by atoms with Gasteiger partial charge >= 0.3 is 0 Å². The zero-order chi connectivity index (χ0) is 22.5. The number of ether oxygens (including phenoxy) is 2. The molecule has 1 aliphatic heterocycles. The van der Waals surface area contributed by atoms with Crippen molar-refractivity contribution in [2.24, 2.45) is 0 Å². The molecule has 0 saturated carbocycles. The smallest absolute Gasteiger partial charge is 0.234 e. The van der Waals surface area contributed by atoms with E-state index in [2.05, 4.69) is 10.2 Å². The Kier molecular flexibility index (Phi) is 7.07. The largest absolute Gasteiger partial charge is 0.497 e. The lowest BCUT2D eigenvalue weighted by molar-refractivity contribution is -0.123. The van der Waals surface area contributed by atoms with Crippen LogP contribution in [-0.4, -0.2) is 38.1 Å². The molecule has 0 radical (unpaired) electrons. The summed E-state index contributed by atoms with van der Waals surface area (Å²) >= 11 is 1.57. The zero-order valence-corrected chi connectivity index (χ0v) is 19.0. The van der Waals surface area contributed by atoms with Crippen LogP contribution in [-0.2, 0) is 4.79 Å². The second-order valence-corrected chi connectivity index (χ2v) is 8.78. The molecule has 1 fully saturated rings. The van der Waals surface area contributed by atoms with Gasteiger partial charge in [0.1, 0.15) is 17.3 Å². The van der Waals surface area contributed by atoms with Crippen LogP contribution in [0.25, 0.3) is 0 Å². The van der Waals surface area contributed by atoms with Crippen LogP contribution >= 0.6 is 11.3 Å². The Labute approximate surface area is 191 Å². The van der Waals surface area contributed by atoms with Crippen molar-refractivity contribution in [1.29, 1.82) is 0 Å². The summed E-state index contributed by atoms with van der Waals surface area (Å²) in [4.78, 5) is 16.3. The molecular weight excluding hydrogens is 427 g/mol. The Morgan fingerprint density at radius 3 is 2.69 bits per heavy atom. The summed E-state index contributed by atoms with van der Waals surface area (Å²) in [7, 11) is 3.28. The first-order valence-electron chi connectivity index (χ1n) is 10.6. The standard InChI is InChI=1S/C25H27FN2O3S/c1-30-19-11-12-20(22(15-19)31-2)21-5-3-13-28(21)16-24(29)27-25(23-6-4-14-32-23)17-7-9-18(26)10-8-17/h4,6-12,14-15,21,25H,3,5,13,16H2,1-2H3,(H,27,29)/t21-,25+/m1/s1. The predicted octanol–water partition coefficient (Wildman–Crippen LogP) is 4.95. The van der Waals surface area contributed by atoms with Crippen LogP contribution in [0.15, 0.2) is 60.0 Å². The summed E-state index contributed by atoms with van der Waals surface area (Å²) in [5, 5.41) is 5.13. The lowest BCUT2D eigenvalue weighted by Gasteiger charge is -2.27. The average Bonchev–Trinajstić information content (AvgIpc) is 3.50. The molecule has 168 valence electrons. The van der Waals surface area contributed by atoms with Crippen LogP contribution in [0.1, 0.15) is 40.9 Å². The van der Waals surface area contributed by atoms with Crippen molar-refractivity contribution in [3.05, 3.63) is 81.8 Å². The third kappa shape index (κ3) is 4.95. The molecule has 0 spiro atoms. The van der Waals surface area contributed by atoms with Crippen LogP contribution in [0, 0.1) is 5.82 Å². The molecule has 0 bridgehead atoms. The summed E-state index contributed by atoms with van der Waals surface area (Å²) in [6, 6.07) is 15.9. The molecule has 3 aromatic rings. The van der Waals surface area contributed by atoms with E-state index in [4.69, 9.17) is 9.47 Å². The first kappa shape index (κ1) is 22.3. The van der Waals surface area contributed by atoms with Crippen LogP contribution in [0.3, 0.4) is 0 Å². The fourth-order valence-corrected chi connectivity index (χ4v) is 5.08. The molecule has 1 N–H and O–H groups in total. The van der Waals surface area contributed by atoms with Crippen molar-refractivity contribution in [3.8, 4) is 11.5 Å². The molecule has 4 rings (SSSR count). The van der Waals surface area contributed by atoms with Gasteiger partial charge in [-0.3, -0.25) is 9.69 Å². The molecule has 5 nitrogen and oxygen atoms in total. The molecule has 7 heteroatoms. The molecular formula is C25H27FN2O3S. The highest BCUT2D eigenvalue weighted by atomic mass is 32.1. The number of carbonyl (C=O) groups excluding carboxylic acids is 1. The van der Waals surface area contributed by atoms with Crippen molar-refractivity contribution >= 4 is 17.2 Å². The van der Waals surface area contributed by atoms with Crippen molar-refractivity contribution in [3.63, 3.8) is 0 Å². The Morgan fingerprint density at radius 1 is 1.19 bits per heavy atom. The number of thiophene rings is 1. The Balaban J connectivity index is 1.50. The highest BCUT2D eigenvalue weighted by Crippen LogP contribution is 2.38. The van der Waals surface area contributed by atoms with E-state index in [1.807, 2.05) is 35.7 Å². The van der Waals surface area contributed by atoms with Gasteiger partial charge in [-0.05, 0) is 54.6 Å². The van der Waals surface area contributed by atoms with Gasteiger partial charge in [0.2, 0.25) is 5.91 Å². The monoisotopic (exact) mass is 454 g/mol. The van der Waals surface area contributed by atoms with E-state index in [1.54, 1.807) is 37.7 Å². The molecule has 1 aliphatic rings. The van der Waals surface area contributed by atoms with Crippen LogP contribution in [0.5, 0.6) is 11.5 Å². The molecule has 1 saturated heterocycles. The second-order valence-electron chi connectivity index (χ2n) is 7.80. The number of hydrogen-bond donors (Lipinski definition) is 1. The van der Waals surface area contributed by atoms with Crippen LogP contribution in [0.2, 0.25) is 0 Å². The minimum atomic E-state index is -0.306. The maximum absolute atomic E-state index is 13.4. The number of amides is 1. The Bertz CT molecular complexity index is 1040. The predicted molar refractivity (Wildman–Crippen MR) is 124 cm³/mol. The molecule has 1 amide bonds. The summed E-state index contributed by atoms with van der Waals surface area (Å²) < 4.78 is 24.3. The van der Waals surface area contributed by atoms with Gasteiger partial charge in [0.15, 0.2) is 0 Å². The van der Waals surface area contributed by atoms with Gasteiger partial charge in [-0.25, -0.2) is 4.39 Å². The zero-order valence-electron chi connectivity index (χ0n) is 18.2. The van der Waals surface area contributed by atoms with E-state index in [-0.39, 0.29) is 30.4 Å². The minimum Gasteiger partial charge on any atom is -0.497 e. The molecule has 32 heavy (non-hydrogen) atoms. The number of nitrogens with zero attached hydrogens (tertiary/aromatic N) is 1. The summed E-state index contributed by atoms with van der Waals surface area (Å²) in [5.74, 6) is 1.15. The molecule has 0 unspecified atom stereocenters. The van der Waals surface area contributed by atoms with E-state index in [1.165, 1.54) is 12.1 Å². The number of methoxy groups -OCH3 is 2. The number of nitrogens with one attached hydrogen (secondary N) is 1. The highest BCUT2D eigenvalue weighted by Gasteiger charge is 2.30. The lowest BCUT2D eigenvalue weighted by Crippen LogP contribution is -2.39. The first-order chi connectivity index (χ1) is 15.6. The molecule has 2 aromatic carbocycles.